The second-order valence-electron chi connectivity index (χ2n) is 29.5. The van der Waals surface area contributed by atoms with Crippen molar-refractivity contribution in [2.45, 2.75) is 439 Å². The molecule has 0 amide bonds. The summed E-state index contributed by atoms with van der Waals surface area (Å²) in [4.78, 5) is 72.9. The lowest BCUT2D eigenvalue weighted by Crippen LogP contribution is -2.30. The molecule has 3 unspecified atom stereocenters. The van der Waals surface area contributed by atoms with Crippen molar-refractivity contribution < 1.29 is 80.2 Å². The molecule has 0 saturated carbocycles. The molecule has 0 aromatic heterocycles. The number of unbranched alkanes of at least 4 members (excludes halogenated alkanes) is 48. The molecule has 0 aliphatic heterocycles. The van der Waals surface area contributed by atoms with Gasteiger partial charge in [0.05, 0.1) is 26.4 Å². The van der Waals surface area contributed by atoms with Gasteiger partial charge in [0.2, 0.25) is 0 Å². The standard InChI is InChI=1S/C80H156O17P2/c1-7-10-12-14-16-18-31-40-46-52-58-64-79(84)96-75(68-90-77(82)62-56-50-44-36-17-15-13-11-8-2)70-94-98(86,87)92-66-74(81)67-93-99(88,89)95-71-76(69-91-78(83)63-57-51-45-39-34-29-26-25-28-33-38-43-49-55-61-73(6)9-3)97-80(85)65-59-53-47-41-35-30-24-22-20-19-21-23-27-32-37-42-48-54-60-72(4)5/h72-76,81H,7-71H2,1-6H3,(H,86,87)(H,88,89)/t73?,74-,75+,76+/m0/s1. The van der Waals surface area contributed by atoms with Crippen molar-refractivity contribution in [1.82, 2.24) is 0 Å². The molecule has 0 saturated heterocycles. The van der Waals surface area contributed by atoms with E-state index >= 15 is 0 Å². The van der Waals surface area contributed by atoms with Gasteiger partial charge in [0, 0.05) is 25.7 Å². The van der Waals surface area contributed by atoms with E-state index in [0.29, 0.717) is 25.7 Å². The van der Waals surface area contributed by atoms with E-state index in [9.17, 15) is 43.2 Å². The summed E-state index contributed by atoms with van der Waals surface area (Å²) in [6.07, 6.45) is 61.0. The van der Waals surface area contributed by atoms with E-state index in [1.807, 2.05) is 0 Å². The first-order valence-electron chi connectivity index (χ1n) is 41.5. The smallest absolute Gasteiger partial charge is 0.462 e. The highest BCUT2D eigenvalue weighted by Gasteiger charge is 2.30. The quantitative estimate of drug-likeness (QED) is 0.0222. The monoisotopic (exact) mass is 1450 g/mol. The average Bonchev–Trinajstić information content (AvgIpc) is 1.01. The molecular weight excluding hydrogens is 1290 g/mol. The van der Waals surface area contributed by atoms with Crippen molar-refractivity contribution in [1.29, 1.82) is 0 Å². The largest absolute Gasteiger partial charge is 0.472 e. The zero-order chi connectivity index (χ0) is 72.8. The van der Waals surface area contributed by atoms with E-state index < -0.39 is 97.5 Å². The molecule has 99 heavy (non-hydrogen) atoms. The molecule has 0 heterocycles. The molecule has 588 valence electrons. The third kappa shape index (κ3) is 72.8. The summed E-state index contributed by atoms with van der Waals surface area (Å²) in [6.45, 7) is 9.70. The van der Waals surface area contributed by atoms with E-state index in [2.05, 4.69) is 41.5 Å². The van der Waals surface area contributed by atoms with E-state index in [1.165, 1.54) is 238 Å². The van der Waals surface area contributed by atoms with E-state index in [-0.39, 0.29) is 25.7 Å². The van der Waals surface area contributed by atoms with Gasteiger partial charge in [-0.05, 0) is 37.5 Å². The molecule has 0 aromatic carbocycles. The third-order valence-corrected chi connectivity index (χ3v) is 21.0. The normalized spacial score (nSPS) is 14.2. The summed E-state index contributed by atoms with van der Waals surface area (Å²) in [6, 6.07) is 0. The van der Waals surface area contributed by atoms with Crippen LogP contribution in [0.1, 0.15) is 420 Å². The number of hydrogen-bond acceptors (Lipinski definition) is 15. The maximum atomic E-state index is 13.1. The van der Waals surface area contributed by atoms with Crippen molar-refractivity contribution >= 4 is 39.5 Å². The molecule has 0 aliphatic carbocycles. The highest BCUT2D eigenvalue weighted by Crippen LogP contribution is 2.45. The second-order valence-corrected chi connectivity index (χ2v) is 32.4. The highest BCUT2D eigenvalue weighted by molar-refractivity contribution is 7.47. The Bertz CT molecular complexity index is 1910. The maximum absolute atomic E-state index is 13.1. The summed E-state index contributed by atoms with van der Waals surface area (Å²) >= 11 is 0. The Hall–Kier alpha value is -1.94. The van der Waals surface area contributed by atoms with Crippen LogP contribution in [0, 0.1) is 11.8 Å². The molecule has 0 fully saturated rings. The predicted octanol–water partition coefficient (Wildman–Crippen LogP) is 23.9. The number of phosphoric acid groups is 2. The molecule has 0 aromatic rings. The molecule has 19 heteroatoms. The number of ether oxygens (including phenoxy) is 4. The Kier molecular flexibility index (Phi) is 70.3. The molecule has 3 N–H and O–H groups in total. The lowest BCUT2D eigenvalue weighted by Gasteiger charge is -2.21. The average molecular weight is 1450 g/mol. The summed E-state index contributed by atoms with van der Waals surface area (Å²) in [7, 11) is -9.91. The number of phosphoric ester groups is 2. The predicted molar refractivity (Wildman–Crippen MR) is 405 cm³/mol. The Balaban J connectivity index is 5.19. The lowest BCUT2D eigenvalue weighted by atomic mass is 9.99. The zero-order valence-electron chi connectivity index (χ0n) is 64.8. The fraction of sp³-hybridized carbons (Fsp3) is 0.950. The number of carbonyl (C=O) groups is 4. The molecule has 0 rings (SSSR count). The Morgan fingerprint density at radius 2 is 0.515 bits per heavy atom. The van der Waals surface area contributed by atoms with Crippen LogP contribution in [-0.2, 0) is 65.4 Å². The van der Waals surface area contributed by atoms with Gasteiger partial charge in [0.15, 0.2) is 12.2 Å². The van der Waals surface area contributed by atoms with Crippen LogP contribution >= 0.6 is 15.6 Å². The van der Waals surface area contributed by atoms with E-state index in [0.717, 1.165) is 102 Å². The summed E-state index contributed by atoms with van der Waals surface area (Å²) in [5.74, 6) is -0.441. The first-order valence-corrected chi connectivity index (χ1v) is 44.5. The van der Waals surface area contributed by atoms with Gasteiger partial charge in [0.1, 0.15) is 19.3 Å². The van der Waals surface area contributed by atoms with Gasteiger partial charge in [-0.3, -0.25) is 37.3 Å². The molecule has 0 bridgehead atoms. The van der Waals surface area contributed by atoms with Crippen LogP contribution in [0.25, 0.3) is 0 Å². The van der Waals surface area contributed by atoms with Gasteiger partial charge >= 0.3 is 39.5 Å². The minimum Gasteiger partial charge on any atom is -0.462 e. The van der Waals surface area contributed by atoms with Gasteiger partial charge < -0.3 is 33.8 Å². The first kappa shape index (κ1) is 97.1. The summed E-state index contributed by atoms with van der Waals surface area (Å²) in [5.41, 5.74) is 0. The minimum atomic E-state index is -4.96. The molecule has 0 spiro atoms. The molecular formula is C80H156O17P2. The number of esters is 4. The number of hydrogen-bond donors (Lipinski definition) is 3. The van der Waals surface area contributed by atoms with Gasteiger partial charge in [-0.1, -0.05) is 369 Å². The molecule has 0 radical (unpaired) electrons. The maximum Gasteiger partial charge on any atom is 0.472 e. The van der Waals surface area contributed by atoms with Crippen molar-refractivity contribution in [3.05, 3.63) is 0 Å². The van der Waals surface area contributed by atoms with Crippen LogP contribution in [0.2, 0.25) is 0 Å². The topological polar surface area (TPSA) is 237 Å². The number of carbonyl (C=O) groups excluding carboxylic acids is 4. The Labute approximate surface area is 607 Å². The fourth-order valence-electron chi connectivity index (χ4n) is 12.3. The van der Waals surface area contributed by atoms with Crippen LogP contribution in [0.15, 0.2) is 0 Å². The van der Waals surface area contributed by atoms with Gasteiger partial charge in [-0.2, -0.15) is 0 Å². The van der Waals surface area contributed by atoms with Crippen LogP contribution in [0.5, 0.6) is 0 Å². The van der Waals surface area contributed by atoms with Gasteiger partial charge in [-0.15, -0.1) is 0 Å². The van der Waals surface area contributed by atoms with Crippen molar-refractivity contribution in [3.63, 3.8) is 0 Å². The number of aliphatic hydroxyl groups excluding tert-OH is 1. The lowest BCUT2D eigenvalue weighted by molar-refractivity contribution is -0.161. The SMILES string of the molecule is CCCCCCCCCCCCCC(=O)O[C@H](COC(=O)CCCCCCCCCCC)COP(=O)(O)OC[C@H](O)COP(=O)(O)OC[C@@H](COC(=O)CCCCCCCCCCCCCCCCC(C)CC)OC(=O)CCCCCCCCCCCCCCCCCCCCC(C)C. The van der Waals surface area contributed by atoms with Gasteiger partial charge in [-0.25, -0.2) is 9.13 Å². The van der Waals surface area contributed by atoms with E-state index in [1.54, 1.807) is 0 Å². The highest BCUT2D eigenvalue weighted by atomic mass is 31.2. The molecule has 17 nitrogen and oxygen atoms in total. The van der Waals surface area contributed by atoms with Crippen molar-refractivity contribution in [2.24, 2.45) is 11.8 Å². The number of aliphatic hydroxyl groups is 1. The second kappa shape index (κ2) is 71.7. The summed E-state index contributed by atoms with van der Waals surface area (Å²) in [5, 5.41) is 10.6. The fourth-order valence-corrected chi connectivity index (χ4v) is 13.9. The molecule has 0 aliphatic rings. The number of rotatable bonds is 79. The van der Waals surface area contributed by atoms with Crippen LogP contribution in [-0.4, -0.2) is 96.7 Å². The zero-order valence-corrected chi connectivity index (χ0v) is 66.6. The van der Waals surface area contributed by atoms with Crippen LogP contribution < -0.4 is 0 Å². The van der Waals surface area contributed by atoms with Crippen LogP contribution in [0.3, 0.4) is 0 Å². The van der Waals surface area contributed by atoms with Crippen molar-refractivity contribution in [3.8, 4) is 0 Å². The van der Waals surface area contributed by atoms with Crippen molar-refractivity contribution in [2.75, 3.05) is 39.6 Å². The van der Waals surface area contributed by atoms with E-state index in [4.69, 9.17) is 37.0 Å². The van der Waals surface area contributed by atoms with Gasteiger partial charge in [0.25, 0.3) is 0 Å². The van der Waals surface area contributed by atoms with Crippen LogP contribution in [0.4, 0.5) is 0 Å². The summed E-state index contributed by atoms with van der Waals surface area (Å²) < 4.78 is 68.6. The Morgan fingerprint density at radius 1 is 0.293 bits per heavy atom. The first-order chi connectivity index (χ1) is 47.9. The molecule has 6 atom stereocenters. The third-order valence-electron chi connectivity index (χ3n) is 19.1. The Morgan fingerprint density at radius 3 is 0.768 bits per heavy atom. The minimum absolute atomic E-state index is 0.107.